The normalized spacial score (nSPS) is 15.7. The number of benzene rings is 1. The number of hydrogen-bond donors (Lipinski definition) is 8. The number of carbonyl (C=O) groups excluding carboxylic acids is 5. The van der Waals surface area contributed by atoms with Crippen LogP contribution in [0.3, 0.4) is 0 Å². The van der Waals surface area contributed by atoms with E-state index in [1.54, 1.807) is 19.6 Å². The Morgan fingerprint density at radius 3 is 1.33 bits per heavy atom. The highest BCUT2D eigenvalue weighted by Gasteiger charge is 2.22. The molecule has 1 heterocycles. The minimum Gasteiger partial charge on any atom is -0.480 e. The van der Waals surface area contributed by atoms with Gasteiger partial charge in [-0.2, -0.15) is 0 Å². The van der Waals surface area contributed by atoms with Crippen molar-refractivity contribution >= 4 is 53.1 Å². The molecule has 1 saturated heterocycles. The number of imide groups is 1. The summed E-state index contributed by atoms with van der Waals surface area (Å²) in [5.41, 5.74) is 6.18. The summed E-state index contributed by atoms with van der Waals surface area (Å²) in [6.45, 7) is -1.30. The third-order valence-electron chi connectivity index (χ3n) is 7.91. The van der Waals surface area contributed by atoms with Crippen LogP contribution in [0.1, 0.15) is 5.56 Å². The predicted octanol–water partition coefficient (Wildman–Crippen LogP) is -5.07. The first kappa shape index (κ1) is 44.5. The van der Waals surface area contributed by atoms with Gasteiger partial charge in [-0.05, 0) is 12.0 Å². The molecule has 1 aliphatic heterocycles. The van der Waals surface area contributed by atoms with E-state index < -0.39 is 78.0 Å². The number of nitrogens with zero attached hydrogens (tertiary/aromatic N) is 5. The number of nitrogens with two attached hydrogens (primary N) is 1. The average Bonchev–Trinajstić information content (AvgIpc) is 3.09. The molecule has 5 amide bonds. The van der Waals surface area contributed by atoms with Gasteiger partial charge in [0.2, 0.25) is 29.5 Å². The van der Waals surface area contributed by atoms with Crippen LogP contribution in [0.2, 0.25) is 0 Å². The SMILES string of the molecule is NC(Cc1ccc([N+](=O)[O-])cc1)C(=O)NC(=O)CNC(=O)CNC(=O)CNC(=O)CN1CCN(CC(=O)O)CCN(CC(=O)O)CCN(CC(=O)O)CC1. The highest BCUT2D eigenvalue weighted by atomic mass is 16.6. The summed E-state index contributed by atoms with van der Waals surface area (Å²) in [4.78, 5) is 112. The number of carboxylic acids is 3. The molecule has 0 aromatic heterocycles. The van der Waals surface area contributed by atoms with E-state index in [4.69, 9.17) is 5.73 Å². The van der Waals surface area contributed by atoms with E-state index in [0.717, 1.165) is 0 Å². The van der Waals surface area contributed by atoms with E-state index in [0.29, 0.717) is 5.56 Å². The molecule has 1 aromatic rings. The summed E-state index contributed by atoms with van der Waals surface area (Å²) in [7, 11) is 0. The molecule has 1 unspecified atom stereocenters. The van der Waals surface area contributed by atoms with Gasteiger partial charge in [0, 0.05) is 64.5 Å². The third kappa shape index (κ3) is 18.7. The monoisotopic (exact) mass is 766 g/mol. The minimum absolute atomic E-state index is 0.0165. The Hall–Kier alpha value is -5.62. The lowest BCUT2D eigenvalue weighted by molar-refractivity contribution is -0.384. The number of nitrogens with one attached hydrogen (secondary N) is 4. The van der Waals surface area contributed by atoms with Gasteiger partial charge in [0.25, 0.3) is 5.69 Å². The second kappa shape index (κ2) is 23.1. The van der Waals surface area contributed by atoms with Gasteiger partial charge in [-0.25, -0.2) is 0 Å². The molecular formula is C31H46N10O13. The zero-order valence-electron chi connectivity index (χ0n) is 29.4. The van der Waals surface area contributed by atoms with Gasteiger partial charge in [0.15, 0.2) is 0 Å². The van der Waals surface area contributed by atoms with E-state index in [-0.39, 0.29) is 90.6 Å². The number of nitro benzene ring substituents is 1. The predicted molar refractivity (Wildman–Crippen MR) is 186 cm³/mol. The summed E-state index contributed by atoms with van der Waals surface area (Å²) < 4.78 is 0. The molecule has 0 aliphatic carbocycles. The number of aliphatic carboxylic acids is 3. The van der Waals surface area contributed by atoms with Gasteiger partial charge >= 0.3 is 17.9 Å². The van der Waals surface area contributed by atoms with Crippen LogP contribution in [0.5, 0.6) is 0 Å². The quantitative estimate of drug-likeness (QED) is 0.0512. The lowest BCUT2D eigenvalue weighted by Gasteiger charge is -2.32. The van der Waals surface area contributed by atoms with Crippen molar-refractivity contribution in [3.05, 3.63) is 39.9 Å². The molecular weight excluding hydrogens is 720 g/mol. The highest BCUT2D eigenvalue weighted by molar-refractivity contribution is 5.99. The Labute approximate surface area is 308 Å². The van der Waals surface area contributed by atoms with Crippen LogP contribution < -0.4 is 27.0 Å². The molecule has 23 nitrogen and oxygen atoms in total. The van der Waals surface area contributed by atoms with Crippen molar-refractivity contribution in [1.82, 2.24) is 40.9 Å². The van der Waals surface area contributed by atoms with Crippen molar-refractivity contribution in [2.75, 3.05) is 98.2 Å². The van der Waals surface area contributed by atoms with Crippen LogP contribution >= 0.6 is 0 Å². The lowest BCUT2D eigenvalue weighted by Crippen LogP contribution is -2.50. The first-order valence-electron chi connectivity index (χ1n) is 16.7. The van der Waals surface area contributed by atoms with Crippen LogP contribution in [-0.4, -0.2) is 191 Å². The van der Waals surface area contributed by atoms with Crippen LogP contribution in [-0.2, 0) is 44.8 Å². The number of non-ortho nitro benzene ring substituents is 1. The molecule has 1 atom stereocenters. The van der Waals surface area contributed by atoms with Crippen molar-refractivity contribution in [2.24, 2.45) is 5.73 Å². The lowest BCUT2D eigenvalue weighted by atomic mass is 10.1. The standard InChI is InChI=1S/C31H46N10O13/c32-23(13-21-1-3-22(4-2-21)41(53)54)31(52)36-26(44)16-34-24(42)14-33-25(43)15-35-27(45)17-37-5-7-38(18-28(46)47)9-11-40(20-30(50)51)12-10-39(8-6-37)19-29(48)49/h1-4,23H,5-20,32H2,(H,33,43)(H,34,42)(H,35,45)(H,46,47)(H,48,49)(H,50,51)(H,36,44,52). The Morgan fingerprint density at radius 1 is 0.611 bits per heavy atom. The number of nitro groups is 1. The fourth-order valence-corrected chi connectivity index (χ4v) is 5.08. The summed E-state index contributed by atoms with van der Waals surface area (Å²) in [6, 6.07) is 4.18. The Kier molecular flexibility index (Phi) is 19.1. The van der Waals surface area contributed by atoms with E-state index in [9.17, 15) is 63.8 Å². The van der Waals surface area contributed by atoms with Gasteiger partial charge in [0.1, 0.15) is 0 Å². The van der Waals surface area contributed by atoms with Crippen molar-refractivity contribution in [2.45, 2.75) is 12.5 Å². The highest BCUT2D eigenvalue weighted by Crippen LogP contribution is 2.13. The van der Waals surface area contributed by atoms with Gasteiger partial charge in [-0.3, -0.25) is 73.4 Å². The summed E-state index contributed by atoms with van der Waals surface area (Å²) in [6.07, 6.45) is -0.0165. The molecule has 0 bridgehead atoms. The first-order chi connectivity index (χ1) is 25.5. The topological polar surface area (TPSA) is 327 Å². The molecule has 0 radical (unpaired) electrons. The zero-order chi connectivity index (χ0) is 40.2. The Morgan fingerprint density at radius 2 is 0.963 bits per heavy atom. The van der Waals surface area contributed by atoms with Crippen molar-refractivity contribution in [1.29, 1.82) is 0 Å². The second-order valence-electron chi connectivity index (χ2n) is 12.3. The van der Waals surface area contributed by atoms with Crippen LogP contribution in [0.15, 0.2) is 24.3 Å². The van der Waals surface area contributed by atoms with E-state index in [1.165, 1.54) is 24.3 Å². The number of carbonyl (C=O) groups is 8. The molecule has 0 spiro atoms. The molecule has 54 heavy (non-hydrogen) atoms. The maximum absolute atomic E-state index is 12.8. The molecule has 1 fully saturated rings. The minimum atomic E-state index is -1.16. The molecule has 1 aromatic carbocycles. The van der Waals surface area contributed by atoms with Gasteiger partial charge in [0.05, 0.1) is 56.8 Å². The molecule has 2 rings (SSSR count). The number of hydrogen-bond acceptors (Lipinski definition) is 15. The summed E-state index contributed by atoms with van der Waals surface area (Å²) in [5, 5.41) is 47.7. The van der Waals surface area contributed by atoms with Crippen LogP contribution in [0.25, 0.3) is 0 Å². The molecule has 23 heteroatoms. The molecule has 0 saturated carbocycles. The van der Waals surface area contributed by atoms with Gasteiger partial charge in [-0.15, -0.1) is 0 Å². The number of carboxylic acid groups (broad SMARTS) is 3. The summed E-state index contributed by atoms with van der Waals surface area (Å²) in [5.74, 6) is -7.11. The fraction of sp³-hybridized carbons (Fsp3) is 0.548. The summed E-state index contributed by atoms with van der Waals surface area (Å²) >= 11 is 0. The van der Waals surface area contributed by atoms with Crippen LogP contribution in [0, 0.1) is 10.1 Å². The number of rotatable bonds is 18. The average molecular weight is 767 g/mol. The zero-order valence-corrected chi connectivity index (χ0v) is 29.4. The smallest absolute Gasteiger partial charge is 0.317 e. The molecule has 9 N–H and O–H groups in total. The maximum Gasteiger partial charge on any atom is 0.317 e. The van der Waals surface area contributed by atoms with Crippen molar-refractivity contribution in [3.8, 4) is 0 Å². The Bertz CT molecular complexity index is 1480. The van der Waals surface area contributed by atoms with Gasteiger partial charge in [-0.1, -0.05) is 12.1 Å². The number of amides is 5. The van der Waals surface area contributed by atoms with E-state index >= 15 is 0 Å². The molecule has 1 aliphatic rings. The van der Waals surface area contributed by atoms with Gasteiger partial charge < -0.3 is 37.0 Å². The van der Waals surface area contributed by atoms with Crippen molar-refractivity contribution < 1.29 is 58.6 Å². The maximum atomic E-state index is 12.8. The molecule has 298 valence electrons. The van der Waals surface area contributed by atoms with Crippen molar-refractivity contribution in [3.63, 3.8) is 0 Å². The first-order valence-corrected chi connectivity index (χ1v) is 16.7. The largest absolute Gasteiger partial charge is 0.480 e. The van der Waals surface area contributed by atoms with E-state index in [1.807, 2.05) is 5.32 Å². The van der Waals surface area contributed by atoms with Crippen LogP contribution in [0.4, 0.5) is 5.69 Å². The third-order valence-corrected chi connectivity index (χ3v) is 7.91. The second-order valence-corrected chi connectivity index (χ2v) is 12.3. The Balaban J connectivity index is 1.80. The fourth-order valence-electron chi connectivity index (χ4n) is 5.08. The van der Waals surface area contributed by atoms with E-state index in [2.05, 4.69) is 16.0 Å².